The number of hydrogen-bond acceptors (Lipinski definition) is 6. The van der Waals surface area contributed by atoms with Gasteiger partial charge in [0, 0.05) is 17.2 Å². The second-order valence-electron chi connectivity index (χ2n) is 10.6. The fraction of sp³-hybridized carbons (Fsp3) is 0.333. The summed E-state index contributed by atoms with van der Waals surface area (Å²) in [7, 11) is -3.03. The second kappa shape index (κ2) is 11.9. The second-order valence-corrected chi connectivity index (χ2v) is 12.7. The van der Waals surface area contributed by atoms with Gasteiger partial charge in [-0.3, -0.25) is 10.1 Å². The average molecular weight is 592 g/mol. The van der Waals surface area contributed by atoms with Crippen molar-refractivity contribution in [3.63, 3.8) is 0 Å². The number of alkyl halides is 3. The predicted octanol–water partition coefficient (Wildman–Crippen LogP) is 7.20. The lowest BCUT2D eigenvalue weighted by atomic mass is 9.90. The molecule has 0 bridgehead atoms. The van der Waals surface area contributed by atoms with Crippen LogP contribution in [0.4, 0.5) is 23.7 Å². The molecule has 41 heavy (non-hydrogen) atoms. The number of carbonyl (C=O) groups is 2. The van der Waals surface area contributed by atoms with Gasteiger partial charge in [-0.05, 0) is 87.9 Å². The smallest absolute Gasteiger partial charge is 0.416 e. The maximum atomic E-state index is 14.0. The van der Waals surface area contributed by atoms with Gasteiger partial charge in [-0.2, -0.15) is 13.2 Å². The van der Waals surface area contributed by atoms with Gasteiger partial charge in [0.15, 0.2) is 15.6 Å². The number of anilines is 1. The van der Waals surface area contributed by atoms with Gasteiger partial charge < -0.3 is 9.47 Å². The first-order chi connectivity index (χ1) is 18.9. The molecule has 2 atom stereocenters. The van der Waals surface area contributed by atoms with E-state index in [0.717, 1.165) is 23.8 Å². The molecule has 1 amide bonds. The van der Waals surface area contributed by atoms with Crippen molar-refractivity contribution < 1.29 is 40.7 Å². The average Bonchev–Trinajstić information content (AvgIpc) is 2.87. The largest absolute Gasteiger partial charge is 0.497 e. The summed E-state index contributed by atoms with van der Waals surface area (Å²) in [6.45, 7) is 7.94. The molecule has 220 valence electrons. The van der Waals surface area contributed by atoms with Crippen LogP contribution >= 0.6 is 0 Å². The van der Waals surface area contributed by atoms with Crippen LogP contribution < -0.4 is 10.1 Å². The number of sulfone groups is 1. The third-order valence-electron chi connectivity index (χ3n) is 6.28. The van der Waals surface area contributed by atoms with E-state index in [1.807, 2.05) is 0 Å². The van der Waals surface area contributed by atoms with E-state index in [1.54, 1.807) is 39.8 Å². The van der Waals surface area contributed by atoms with Crippen molar-refractivity contribution in [2.45, 2.75) is 62.5 Å². The zero-order valence-electron chi connectivity index (χ0n) is 23.5. The molecule has 1 N–H and O–H groups in total. The van der Waals surface area contributed by atoms with Crippen LogP contribution in [0, 0.1) is 6.92 Å². The van der Waals surface area contributed by atoms with Gasteiger partial charge in [-0.1, -0.05) is 24.6 Å². The molecule has 2 unspecified atom stereocenters. The highest BCUT2D eigenvalue weighted by Gasteiger charge is 2.41. The lowest BCUT2D eigenvalue weighted by Crippen LogP contribution is -2.36. The molecule has 3 aromatic rings. The molecular formula is C30H32F3NO6S. The van der Waals surface area contributed by atoms with Gasteiger partial charge in [0.25, 0.3) is 0 Å². The van der Waals surface area contributed by atoms with Gasteiger partial charge in [0.1, 0.15) is 16.6 Å². The van der Waals surface area contributed by atoms with E-state index in [0.29, 0.717) is 5.75 Å². The molecule has 0 heterocycles. The number of hydrogen-bond donors (Lipinski definition) is 1. The Hall–Kier alpha value is -3.86. The molecule has 0 fully saturated rings. The van der Waals surface area contributed by atoms with Gasteiger partial charge in [0.05, 0.1) is 17.6 Å². The van der Waals surface area contributed by atoms with Crippen molar-refractivity contribution in [1.29, 1.82) is 0 Å². The van der Waals surface area contributed by atoms with Crippen molar-refractivity contribution in [2.75, 3.05) is 12.4 Å². The van der Waals surface area contributed by atoms with Crippen LogP contribution in [0.1, 0.15) is 60.7 Å². The Morgan fingerprint density at radius 2 is 1.49 bits per heavy atom. The van der Waals surface area contributed by atoms with E-state index in [1.165, 1.54) is 50.4 Å². The standard InChI is InChI=1S/C30H32F3NO6S/c1-18-7-14-23(15-8-18)41(37,38)27(26(35)20-9-12-22(39-6)13-10-20)19(2)24-17-21(30(31,32)33)11-16-25(24)34-28(36)40-29(3,4)5/h7-17,19,27H,1-6H3,(H,34,36). The van der Waals surface area contributed by atoms with E-state index in [4.69, 9.17) is 9.47 Å². The summed E-state index contributed by atoms with van der Waals surface area (Å²) in [5.74, 6) is -1.75. The molecule has 0 radical (unpaired) electrons. The molecule has 0 aliphatic rings. The Morgan fingerprint density at radius 1 is 0.902 bits per heavy atom. The topological polar surface area (TPSA) is 98.8 Å². The molecule has 3 aromatic carbocycles. The van der Waals surface area contributed by atoms with Crippen LogP contribution in [-0.2, 0) is 20.8 Å². The first kappa shape index (κ1) is 31.7. The fourth-order valence-electron chi connectivity index (χ4n) is 4.24. The minimum absolute atomic E-state index is 0.0203. The van der Waals surface area contributed by atoms with E-state index >= 15 is 0 Å². The molecule has 0 saturated carbocycles. The Morgan fingerprint density at radius 3 is 2.00 bits per heavy atom. The molecule has 0 spiro atoms. The van der Waals surface area contributed by atoms with Crippen molar-refractivity contribution >= 4 is 27.4 Å². The minimum atomic E-state index is -4.77. The molecule has 0 aromatic heterocycles. The molecule has 0 aliphatic carbocycles. The van der Waals surface area contributed by atoms with Crippen molar-refractivity contribution in [2.24, 2.45) is 0 Å². The highest BCUT2D eigenvalue weighted by atomic mass is 32.2. The van der Waals surface area contributed by atoms with Crippen molar-refractivity contribution in [3.05, 3.63) is 89.0 Å². The SMILES string of the molecule is COc1ccc(C(=O)C(C(C)c2cc(C(F)(F)F)ccc2NC(=O)OC(C)(C)C)S(=O)(=O)c2ccc(C)cc2)cc1. The highest BCUT2D eigenvalue weighted by molar-refractivity contribution is 7.93. The van der Waals surface area contributed by atoms with Crippen molar-refractivity contribution in [1.82, 2.24) is 0 Å². The van der Waals surface area contributed by atoms with Gasteiger partial charge in [-0.15, -0.1) is 0 Å². The van der Waals surface area contributed by atoms with Crippen LogP contribution in [0.5, 0.6) is 5.75 Å². The summed E-state index contributed by atoms with van der Waals surface area (Å²) in [4.78, 5) is 26.3. The molecular weight excluding hydrogens is 559 g/mol. The van der Waals surface area contributed by atoms with E-state index in [9.17, 15) is 31.2 Å². The molecule has 0 saturated heterocycles. The minimum Gasteiger partial charge on any atom is -0.497 e. The van der Waals surface area contributed by atoms with Crippen molar-refractivity contribution in [3.8, 4) is 5.75 Å². The zero-order valence-corrected chi connectivity index (χ0v) is 24.3. The number of ketones is 1. The van der Waals surface area contributed by atoms with Crippen LogP contribution in [0.2, 0.25) is 0 Å². The first-order valence-corrected chi connectivity index (χ1v) is 14.2. The number of Topliss-reactive ketones (excluding diaryl/α,β-unsaturated/α-hetero) is 1. The Balaban J connectivity index is 2.22. The number of carbonyl (C=O) groups excluding carboxylic acids is 2. The maximum absolute atomic E-state index is 14.0. The summed E-state index contributed by atoms with van der Waals surface area (Å²) in [5.41, 5.74) is -1.51. The van der Waals surface area contributed by atoms with E-state index in [2.05, 4.69) is 5.32 Å². The zero-order chi connectivity index (χ0) is 30.8. The lowest BCUT2D eigenvalue weighted by molar-refractivity contribution is -0.137. The number of halogens is 3. The lowest BCUT2D eigenvalue weighted by Gasteiger charge is -2.27. The number of methoxy groups -OCH3 is 1. The molecule has 0 aliphatic heterocycles. The normalized spacial score (nSPS) is 13.7. The third-order valence-corrected chi connectivity index (χ3v) is 8.50. The molecule has 7 nitrogen and oxygen atoms in total. The number of benzene rings is 3. The number of ether oxygens (including phenoxy) is 2. The number of aryl methyl sites for hydroxylation is 1. The van der Waals surface area contributed by atoms with Crippen LogP contribution in [0.3, 0.4) is 0 Å². The van der Waals surface area contributed by atoms with Crippen LogP contribution in [0.15, 0.2) is 71.6 Å². The molecule has 3 rings (SSSR count). The quantitative estimate of drug-likeness (QED) is 0.278. The summed E-state index contributed by atoms with van der Waals surface area (Å²) in [5, 5.41) is 0.577. The molecule has 11 heteroatoms. The predicted molar refractivity (Wildman–Crippen MR) is 149 cm³/mol. The fourth-order valence-corrected chi connectivity index (χ4v) is 6.15. The number of rotatable bonds is 8. The third kappa shape index (κ3) is 7.66. The van der Waals surface area contributed by atoms with Gasteiger partial charge in [-0.25, -0.2) is 13.2 Å². The maximum Gasteiger partial charge on any atom is 0.416 e. The Bertz CT molecular complexity index is 1510. The monoisotopic (exact) mass is 591 g/mol. The van der Waals surface area contributed by atoms with Crippen LogP contribution in [-0.4, -0.2) is 38.3 Å². The van der Waals surface area contributed by atoms with Gasteiger partial charge in [0.2, 0.25) is 0 Å². The number of amides is 1. The Kier molecular flexibility index (Phi) is 9.22. The summed E-state index contributed by atoms with van der Waals surface area (Å²) >= 11 is 0. The van der Waals surface area contributed by atoms with Crippen LogP contribution in [0.25, 0.3) is 0 Å². The Labute approximate surface area is 237 Å². The van der Waals surface area contributed by atoms with Gasteiger partial charge >= 0.3 is 12.3 Å². The highest BCUT2D eigenvalue weighted by Crippen LogP contribution is 2.39. The van der Waals surface area contributed by atoms with E-state index in [-0.39, 0.29) is 21.7 Å². The summed E-state index contributed by atoms with van der Waals surface area (Å²) in [6.07, 6.45) is -5.73. The number of nitrogens with one attached hydrogen (secondary N) is 1. The summed E-state index contributed by atoms with van der Waals surface area (Å²) < 4.78 is 79.7. The first-order valence-electron chi connectivity index (χ1n) is 12.6. The van der Waals surface area contributed by atoms with E-state index < -0.39 is 50.2 Å². The summed E-state index contributed by atoms with van der Waals surface area (Å²) in [6, 6.07) is 14.1.